The zero-order chi connectivity index (χ0) is 21.4. The molecule has 2 aromatic carbocycles. The second-order valence-corrected chi connectivity index (χ2v) is 9.07. The van der Waals surface area contributed by atoms with Gasteiger partial charge in [0.15, 0.2) is 0 Å². The van der Waals surface area contributed by atoms with E-state index < -0.39 is 10.0 Å². The first-order valence-electron chi connectivity index (χ1n) is 9.09. The summed E-state index contributed by atoms with van der Waals surface area (Å²) in [5, 5.41) is 2.76. The Kier molecular flexibility index (Phi) is 8.48. The molecule has 0 atom stereocenters. The molecule has 7 nitrogen and oxygen atoms in total. The van der Waals surface area contributed by atoms with Crippen molar-refractivity contribution in [1.29, 1.82) is 0 Å². The lowest BCUT2D eigenvalue weighted by Crippen LogP contribution is -2.26. The number of hydrogen-bond donors (Lipinski definition) is 2. The van der Waals surface area contributed by atoms with Crippen molar-refractivity contribution in [2.75, 3.05) is 25.0 Å². The summed E-state index contributed by atoms with van der Waals surface area (Å²) in [4.78, 5) is 12.3. The molecule has 0 aliphatic rings. The first-order chi connectivity index (χ1) is 13.7. The largest absolute Gasteiger partial charge is 0.495 e. The number of amides is 1. The van der Waals surface area contributed by atoms with Crippen LogP contribution in [0.5, 0.6) is 5.75 Å². The molecule has 29 heavy (non-hydrogen) atoms. The van der Waals surface area contributed by atoms with Crippen molar-refractivity contribution in [3.05, 3.63) is 52.5 Å². The van der Waals surface area contributed by atoms with E-state index in [2.05, 4.69) is 26.0 Å². The normalized spacial score (nSPS) is 11.3. The van der Waals surface area contributed by atoms with Gasteiger partial charge in [0.05, 0.1) is 13.2 Å². The van der Waals surface area contributed by atoms with Crippen LogP contribution in [-0.4, -0.2) is 40.7 Å². The number of hydrogen-bond acceptors (Lipinski definition) is 5. The molecule has 0 bridgehead atoms. The number of carbonyl (C=O) groups excluding carboxylic acids is 1. The van der Waals surface area contributed by atoms with Gasteiger partial charge in [0.25, 0.3) is 15.9 Å². The third-order valence-electron chi connectivity index (χ3n) is 3.87. The van der Waals surface area contributed by atoms with E-state index in [1.807, 2.05) is 13.8 Å². The number of nitrogens with one attached hydrogen (secondary N) is 2. The summed E-state index contributed by atoms with van der Waals surface area (Å²) in [6, 6.07) is 11.0. The van der Waals surface area contributed by atoms with Crippen LogP contribution in [0.4, 0.5) is 5.69 Å². The summed E-state index contributed by atoms with van der Waals surface area (Å²) in [5.74, 6) is -0.214. The first-order valence-corrected chi connectivity index (χ1v) is 11.4. The minimum atomic E-state index is -3.95. The Balaban J connectivity index is 2.14. The summed E-state index contributed by atoms with van der Waals surface area (Å²) in [6.45, 7) is 4.86. The minimum absolute atomic E-state index is 0.112. The standard InChI is InChI=1S/C20H25BrN2O5S/c1-14(2)28-12-4-11-22-20(24)15-5-10-18(27-3)19(13-15)29(25,26)23-17-8-6-16(21)7-9-17/h5-10,13-14,23H,4,11-12H2,1-3H3,(H,22,24). The summed E-state index contributed by atoms with van der Waals surface area (Å²) in [5.41, 5.74) is 0.627. The highest BCUT2D eigenvalue weighted by atomic mass is 79.9. The second kappa shape index (κ2) is 10.6. The lowest BCUT2D eigenvalue weighted by molar-refractivity contribution is 0.0757. The molecule has 9 heteroatoms. The van der Waals surface area contributed by atoms with E-state index in [9.17, 15) is 13.2 Å². The summed E-state index contributed by atoms with van der Waals surface area (Å²) in [6.07, 6.45) is 0.800. The predicted molar refractivity (Wildman–Crippen MR) is 116 cm³/mol. The highest BCUT2D eigenvalue weighted by Gasteiger charge is 2.22. The van der Waals surface area contributed by atoms with E-state index in [1.165, 1.54) is 25.3 Å². The van der Waals surface area contributed by atoms with Gasteiger partial charge in [-0.1, -0.05) is 15.9 Å². The van der Waals surface area contributed by atoms with Gasteiger partial charge < -0.3 is 14.8 Å². The third kappa shape index (κ3) is 7.02. The maximum Gasteiger partial charge on any atom is 0.265 e. The Morgan fingerprint density at radius 2 is 1.83 bits per heavy atom. The van der Waals surface area contributed by atoms with E-state index >= 15 is 0 Å². The molecule has 1 amide bonds. The van der Waals surface area contributed by atoms with Crippen LogP contribution in [0.3, 0.4) is 0 Å². The number of benzene rings is 2. The van der Waals surface area contributed by atoms with Crippen LogP contribution in [0.2, 0.25) is 0 Å². The molecule has 0 unspecified atom stereocenters. The molecular formula is C20H25BrN2O5S. The van der Waals surface area contributed by atoms with Crippen LogP contribution in [0.15, 0.2) is 51.8 Å². The molecule has 2 rings (SSSR count). The van der Waals surface area contributed by atoms with Gasteiger partial charge in [0.1, 0.15) is 10.6 Å². The lowest BCUT2D eigenvalue weighted by atomic mass is 10.2. The van der Waals surface area contributed by atoms with Crippen molar-refractivity contribution in [3.8, 4) is 5.75 Å². The van der Waals surface area contributed by atoms with Gasteiger partial charge in [-0.05, 0) is 62.7 Å². The van der Waals surface area contributed by atoms with Gasteiger partial charge in [0, 0.05) is 28.9 Å². The molecular weight excluding hydrogens is 460 g/mol. The van der Waals surface area contributed by atoms with Crippen molar-refractivity contribution in [3.63, 3.8) is 0 Å². The molecule has 0 spiro atoms. The van der Waals surface area contributed by atoms with Gasteiger partial charge in [0.2, 0.25) is 0 Å². The highest BCUT2D eigenvalue weighted by molar-refractivity contribution is 9.10. The number of anilines is 1. The molecule has 0 saturated heterocycles. The predicted octanol–water partition coefficient (Wildman–Crippen LogP) is 3.80. The number of sulfonamides is 1. The van der Waals surface area contributed by atoms with Crippen molar-refractivity contribution >= 4 is 37.5 Å². The Morgan fingerprint density at radius 1 is 1.14 bits per heavy atom. The molecule has 0 radical (unpaired) electrons. The average Bonchev–Trinajstić information content (AvgIpc) is 2.68. The SMILES string of the molecule is COc1ccc(C(=O)NCCCOC(C)C)cc1S(=O)(=O)Nc1ccc(Br)cc1. The number of methoxy groups -OCH3 is 1. The Labute approximate surface area is 180 Å². The zero-order valence-electron chi connectivity index (χ0n) is 16.6. The molecule has 0 heterocycles. The maximum absolute atomic E-state index is 12.9. The second-order valence-electron chi connectivity index (χ2n) is 6.51. The van der Waals surface area contributed by atoms with Gasteiger partial charge in [-0.2, -0.15) is 0 Å². The monoisotopic (exact) mass is 484 g/mol. The quantitative estimate of drug-likeness (QED) is 0.500. The molecule has 0 aromatic heterocycles. The van der Waals surface area contributed by atoms with Crippen molar-refractivity contribution in [2.45, 2.75) is 31.3 Å². The fourth-order valence-corrected chi connectivity index (χ4v) is 3.97. The Bertz CT molecular complexity index is 930. The van der Waals surface area contributed by atoms with E-state index in [1.54, 1.807) is 24.3 Å². The summed E-state index contributed by atoms with van der Waals surface area (Å²) >= 11 is 3.31. The fraction of sp³-hybridized carbons (Fsp3) is 0.350. The lowest BCUT2D eigenvalue weighted by Gasteiger charge is -2.13. The highest BCUT2D eigenvalue weighted by Crippen LogP contribution is 2.27. The van der Waals surface area contributed by atoms with Gasteiger partial charge >= 0.3 is 0 Å². The van der Waals surface area contributed by atoms with Crippen LogP contribution in [-0.2, 0) is 14.8 Å². The van der Waals surface area contributed by atoms with Gasteiger partial charge in [-0.3, -0.25) is 9.52 Å². The van der Waals surface area contributed by atoms with Gasteiger partial charge in [-0.25, -0.2) is 8.42 Å². The minimum Gasteiger partial charge on any atom is -0.495 e. The topological polar surface area (TPSA) is 93.7 Å². The number of halogens is 1. The molecule has 0 fully saturated rings. The molecule has 158 valence electrons. The van der Waals surface area contributed by atoms with Crippen LogP contribution in [0, 0.1) is 0 Å². The Hall–Kier alpha value is -2.10. The fourth-order valence-electron chi connectivity index (χ4n) is 2.45. The van der Waals surface area contributed by atoms with E-state index in [0.717, 1.165) is 4.47 Å². The maximum atomic E-state index is 12.9. The third-order valence-corrected chi connectivity index (χ3v) is 5.80. The van der Waals surface area contributed by atoms with Crippen molar-refractivity contribution in [1.82, 2.24) is 5.32 Å². The van der Waals surface area contributed by atoms with Crippen LogP contribution >= 0.6 is 15.9 Å². The zero-order valence-corrected chi connectivity index (χ0v) is 19.0. The molecule has 0 aliphatic heterocycles. The number of rotatable bonds is 10. The molecule has 2 aromatic rings. The smallest absolute Gasteiger partial charge is 0.265 e. The average molecular weight is 485 g/mol. The van der Waals surface area contributed by atoms with Crippen molar-refractivity contribution < 1.29 is 22.7 Å². The Morgan fingerprint density at radius 3 is 2.45 bits per heavy atom. The van der Waals surface area contributed by atoms with E-state index in [-0.39, 0.29) is 28.2 Å². The summed E-state index contributed by atoms with van der Waals surface area (Å²) < 4.78 is 39.6. The number of ether oxygens (including phenoxy) is 2. The van der Waals surface area contributed by atoms with Crippen LogP contribution < -0.4 is 14.8 Å². The van der Waals surface area contributed by atoms with E-state index in [4.69, 9.17) is 9.47 Å². The molecule has 2 N–H and O–H groups in total. The summed E-state index contributed by atoms with van der Waals surface area (Å²) in [7, 11) is -2.58. The van der Waals surface area contributed by atoms with Crippen LogP contribution in [0.1, 0.15) is 30.6 Å². The molecule has 0 saturated carbocycles. The van der Waals surface area contributed by atoms with Gasteiger partial charge in [-0.15, -0.1) is 0 Å². The number of carbonyl (C=O) groups is 1. The van der Waals surface area contributed by atoms with Crippen LogP contribution in [0.25, 0.3) is 0 Å². The first kappa shape index (κ1) is 23.2. The van der Waals surface area contributed by atoms with Crippen molar-refractivity contribution in [2.24, 2.45) is 0 Å². The molecule has 0 aliphatic carbocycles. The van der Waals surface area contributed by atoms with E-state index in [0.29, 0.717) is 25.3 Å².